The van der Waals surface area contributed by atoms with Crippen LogP contribution in [0.2, 0.25) is 5.15 Å². The molecule has 0 spiro atoms. The first kappa shape index (κ1) is 11.3. The monoisotopic (exact) mass is 239 g/mol. The van der Waals surface area contributed by atoms with Gasteiger partial charge in [-0.25, -0.2) is 9.97 Å². The standard InChI is InChI=1S/C11H14ClN3O/c1-7-3-2-4-8(7)11(16)15-10-5-9(12)13-6-14-10/h5-8H,2-4H2,1H3,(H,13,14,15,16). The Hall–Kier alpha value is -1.16. The molecule has 1 aromatic rings. The van der Waals surface area contributed by atoms with Gasteiger partial charge in [0, 0.05) is 12.0 Å². The number of halogens is 1. The van der Waals surface area contributed by atoms with Crippen molar-refractivity contribution in [2.75, 3.05) is 5.32 Å². The number of amides is 1. The zero-order valence-electron chi connectivity index (χ0n) is 9.11. The number of nitrogens with zero attached hydrogens (tertiary/aromatic N) is 2. The fourth-order valence-corrected chi connectivity index (χ4v) is 2.30. The zero-order chi connectivity index (χ0) is 11.5. The fraction of sp³-hybridized carbons (Fsp3) is 0.545. The minimum atomic E-state index is 0.0415. The topological polar surface area (TPSA) is 54.9 Å². The number of hydrogen-bond acceptors (Lipinski definition) is 3. The lowest BCUT2D eigenvalue weighted by atomic mass is 9.97. The number of nitrogens with one attached hydrogen (secondary N) is 1. The molecular formula is C11H14ClN3O. The van der Waals surface area contributed by atoms with E-state index < -0.39 is 0 Å². The Morgan fingerprint density at radius 2 is 2.31 bits per heavy atom. The lowest BCUT2D eigenvalue weighted by molar-refractivity contribution is -0.120. The predicted molar refractivity (Wildman–Crippen MR) is 62.2 cm³/mol. The quantitative estimate of drug-likeness (QED) is 0.807. The zero-order valence-corrected chi connectivity index (χ0v) is 9.87. The lowest BCUT2D eigenvalue weighted by Gasteiger charge is -2.14. The summed E-state index contributed by atoms with van der Waals surface area (Å²) in [7, 11) is 0. The largest absolute Gasteiger partial charge is 0.310 e. The molecule has 16 heavy (non-hydrogen) atoms. The van der Waals surface area contributed by atoms with Crippen molar-refractivity contribution in [1.29, 1.82) is 0 Å². The molecule has 2 rings (SSSR count). The molecule has 5 heteroatoms. The highest BCUT2D eigenvalue weighted by Gasteiger charge is 2.29. The van der Waals surface area contributed by atoms with E-state index in [1.165, 1.54) is 6.33 Å². The van der Waals surface area contributed by atoms with Gasteiger partial charge in [0.2, 0.25) is 5.91 Å². The summed E-state index contributed by atoms with van der Waals surface area (Å²) in [4.78, 5) is 19.6. The summed E-state index contributed by atoms with van der Waals surface area (Å²) in [6.07, 6.45) is 4.56. The minimum Gasteiger partial charge on any atom is -0.310 e. The smallest absolute Gasteiger partial charge is 0.228 e. The molecule has 1 aliphatic carbocycles. The molecule has 0 saturated heterocycles. The molecule has 2 unspecified atom stereocenters. The molecule has 0 aliphatic heterocycles. The molecule has 1 aromatic heterocycles. The molecule has 0 radical (unpaired) electrons. The van der Waals surface area contributed by atoms with E-state index in [1.807, 2.05) is 0 Å². The van der Waals surface area contributed by atoms with Gasteiger partial charge in [-0.05, 0) is 18.8 Å². The maximum absolute atomic E-state index is 11.9. The van der Waals surface area contributed by atoms with E-state index in [0.29, 0.717) is 16.9 Å². The van der Waals surface area contributed by atoms with E-state index in [1.54, 1.807) is 6.07 Å². The van der Waals surface area contributed by atoms with Crippen molar-refractivity contribution in [3.8, 4) is 0 Å². The molecule has 1 N–H and O–H groups in total. The van der Waals surface area contributed by atoms with Gasteiger partial charge in [0.1, 0.15) is 17.3 Å². The summed E-state index contributed by atoms with van der Waals surface area (Å²) in [6.45, 7) is 2.12. The van der Waals surface area contributed by atoms with Crippen LogP contribution in [0.1, 0.15) is 26.2 Å². The van der Waals surface area contributed by atoms with Gasteiger partial charge < -0.3 is 5.32 Å². The Kier molecular flexibility index (Phi) is 3.39. The first-order valence-electron chi connectivity index (χ1n) is 5.45. The van der Waals surface area contributed by atoms with Gasteiger partial charge >= 0.3 is 0 Å². The summed E-state index contributed by atoms with van der Waals surface area (Å²) >= 11 is 5.71. The highest BCUT2D eigenvalue weighted by atomic mass is 35.5. The average Bonchev–Trinajstić information content (AvgIpc) is 2.64. The second kappa shape index (κ2) is 4.78. The number of rotatable bonds is 2. The molecular weight excluding hydrogens is 226 g/mol. The molecule has 1 fully saturated rings. The van der Waals surface area contributed by atoms with Crippen LogP contribution in [0, 0.1) is 11.8 Å². The Morgan fingerprint density at radius 3 is 2.94 bits per heavy atom. The number of anilines is 1. The van der Waals surface area contributed by atoms with Crippen LogP contribution in [-0.4, -0.2) is 15.9 Å². The molecule has 4 nitrogen and oxygen atoms in total. The Bertz CT molecular complexity index is 397. The van der Waals surface area contributed by atoms with Gasteiger partial charge in [-0.3, -0.25) is 4.79 Å². The summed E-state index contributed by atoms with van der Waals surface area (Å²) in [6, 6.07) is 1.55. The van der Waals surface area contributed by atoms with Crippen LogP contribution in [0.5, 0.6) is 0 Å². The van der Waals surface area contributed by atoms with E-state index in [9.17, 15) is 4.79 Å². The molecule has 1 saturated carbocycles. The van der Waals surface area contributed by atoms with Crippen molar-refractivity contribution in [3.05, 3.63) is 17.5 Å². The SMILES string of the molecule is CC1CCCC1C(=O)Nc1cc(Cl)ncn1. The van der Waals surface area contributed by atoms with Crippen LogP contribution < -0.4 is 5.32 Å². The van der Waals surface area contributed by atoms with Gasteiger partial charge in [0.25, 0.3) is 0 Å². The third-order valence-electron chi connectivity index (χ3n) is 3.08. The van der Waals surface area contributed by atoms with E-state index in [4.69, 9.17) is 11.6 Å². The summed E-state index contributed by atoms with van der Waals surface area (Å²) in [5, 5.41) is 3.12. The fourth-order valence-electron chi connectivity index (χ4n) is 2.16. The number of carbonyl (C=O) groups excluding carboxylic acids is 1. The molecule has 0 aromatic carbocycles. The molecule has 1 amide bonds. The van der Waals surface area contributed by atoms with Crippen LogP contribution in [0.4, 0.5) is 5.82 Å². The van der Waals surface area contributed by atoms with Crippen LogP contribution in [0.15, 0.2) is 12.4 Å². The number of hydrogen-bond donors (Lipinski definition) is 1. The maximum atomic E-state index is 11.9. The maximum Gasteiger partial charge on any atom is 0.228 e. The van der Waals surface area contributed by atoms with Crippen molar-refractivity contribution < 1.29 is 4.79 Å². The van der Waals surface area contributed by atoms with Crippen molar-refractivity contribution >= 4 is 23.3 Å². The first-order valence-corrected chi connectivity index (χ1v) is 5.83. The van der Waals surface area contributed by atoms with Crippen molar-refractivity contribution in [2.45, 2.75) is 26.2 Å². The highest BCUT2D eigenvalue weighted by Crippen LogP contribution is 2.31. The second-order valence-corrected chi connectivity index (χ2v) is 4.62. The Balaban J connectivity index is 2.02. The van der Waals surface area contributed by atoms with E-state index in [0.717, 1.165) is 19.3 Å². The Morgan fingerprint density at radius 1 is 1.50 bits per heavy atom. The van der Waals surface area contributed by atoms with Crippen molar-refractivity contribution in [1.82, 2.24) is 9.97 Å². The van der Waals surface area contributed by atoms with Crippen LogP contribution >= 0.6 is 11.6 Å². The summed E-state index contributed by atoms with van der Waals surface area (Å²) in [5.74, 6) is 1.08. The highest BCUT2D eigenvalue weighted by molar-refractivity contribution is 6.29. The number of carbonyl (C=O) groups is 1. The van der Waals surface area contributed by atoms with E-state index in [2.05, 4.69) is 22.2 Å². The molecule has 1 heterocycles. The minimum absolute atomic E-state index is 0.0415. The molecule has 2 atom stereocenters. The third kappa shape index (κ3) is 2.50. The van der Waals surface area contributed by atoms with Gasteiger partial charge in [-0.15, -0.1) is 0 Å². The van der Waals surface area contributed by atoms with Gasteiger partial charge in [0.15, 0.2) is 0 Å². The molecule has 86 valence electrons. The normalized spacial score (nSPS) is 24.4. The van der Waals surface area contributed by atoms with Crippen molar-refractivity contribution in [3.63, 3.8) is 0 Å². The second-order valence-electron chi connectivity index (χ2n) is 4.23. The Labute approximate surface area is 99.4 Å². The summed E-state index contributed by atoms with van der Waals surface area (Å²) in [5.41, 5.74) is 0. The molecule has 0 bridgehead atoms. The van der Waals surface area contributed by atoms with E-state index in [-0.39, 0.29) is 11.8 Å². The van der Waals surface area contributed by atoms with E-state index >= 15 is 0 Å². The van der Waals surface area contributed by atoms with Gasteiger partial charge in [-0.1, -0.05) is 24.9 Å². The predicted octanol–water partition coefficient (Wildman–Crippen LogP) is 2.50. The average molecular weight is 240 g/mol. The van der Waals surface area contributed by atoms with Gasteiger partial charge in [-0.2, -0.15) is 0 Å². The van der Waals surface area contributed by atoms with Crippen molar-refractivity contribution in [2.24, 2.45) is 11.8 Å². The summed E-state index contributed by atoms with van der Waals surface area (Å²) < 4.78 is 0. The number of aromatic nitrogens is 2. The van der Waals surface area contributed by atoms with Crippen LogP contribution in [-0.2, 0) is 4.79 Å². The molecule has 1 aliphatic rings. The van der Waals surface area contributed by atoms with Gasteiger partial charge in [0.05, 0.1) is 0 Å². The lowest BCUT2D eigenvalue weighted by Crippen LogP contribution is -2.25. The van der Waals surface area contributed by atoms with Crippen LogP contribution in [0.3, 0.4) is 0 Å². The van der Waals surface area contributed by atoms with Crippen LogP contribution in [0.25, 0.3) is 0 Å². The third-order valence-corrected chi connectivity index (χ3v) is 3.29. The first-order chi connectivity index (χ1) is 7.66.